The quantitative estimate of drug-likeness (QED) is 0.677. The number of carbonyl (C=O) groups excluding carboxylic acids is 1. The van der Waals surface area contributed by atoms with E-state index in [1.54, 1.807) is 6.92 Å². The summed E-state index contributed by atoms with van der Waals surface area (Å²) in [4.78, 5) is 13.1. The Morgan fingerprint density at radius 1 is 1.46 bits per heavy atom. The second-order valence-corrected chi connectivity index (χ2v) is 3.80. The number of piperidine rings is 1. The monoisotopic (exact) mass is 185 g/mol. The summed E-state index contributed by atoms with van der Waals surface area (Å²) in [5, 5.41) is 2.03. The van der Waals surface area contributed by atoms with Gasteiger partial charge in [0.2, 0.25) is 5.91 Å². The molecule has 1 unspecified atom stereocenters. The first kappa shape index (κ1) is 10.5. The van der Waals surface area contributed by atoms with Crippen LogP contribution in [-0.4, -0.2) is 42.6 Å². The molecule has 0 aromatic heterocycles. The summed E-state index contributed by atoms with van der Waals surface area (Å²) in [5.74, 6) is 0.0220. The lowest BCUT2D eigenvalue weighted by Gasteiger charge is -2.39. The summed E-state index contributed by atoms with van der Waals surface area (Å²) < 4.78 is 0. The van der Waals surface area contributed by atoms with E-state index >= 15 is 0 Å². The van der Waals surface area contributed by atoms with E-state index in [2.05, 4.69) is 10.3 Å². The number of amides is 1. The molecule has 1 amide bonds. The van der Waals surface area contributed by atoms with Crippen LogP contribution in [0.1, 0.15) is 26.2 Å². The van der Waals surface area contributed by atoms with E-state index in [1.165, 1.54) is 12.8 Å². The van der Waals surface area contributed by atoms with Crippen LogP contribution in [0.2, 0.25) is 0 Å². The Bertz CT molecular complexity index is 182. The van der Waals surface area contributed by atoms with Crippen molar-refractivity contribution in [1.82, 2.24) is 15.3 Å². The van der Waals surface area contributed by atoms with Crippen molar-refractivity contribution in [2.75, 3.05) is 20.6 Å². The van der Waals surface area contributed by atoms with Crippen LogP contribution in [0.3, 0.4) is 0 Å². The number of hydrogen-bond donors (Lipinski definition) is 1. The van der Waals surface area contributed by atoms with Gasteiger partial charge < -0.3 is 0 Å². The molecule has 13 heavy (non-hydrogen) atoms. The van der Waals surface area contributed by atoms with Gasteiger partial charge in [-0.1, -0.05) is 0 Å². The molecule has 0 aliphatic carbocycles. The highest BCUT2D eigenvalue weighted by Crippen LogP contribution is 2.15. The van der Waals surface area contributed by atoms with Gasteiger partial charge in [0, 0.05) is 13.5 Å². The molecule has 1 saturated heterocycles. The molecule has 1 rings (SSSR count). The third kappa shape index (κ3) is 2.97. The lowest BCUT2D eigenvalue weighted by Crippen LogP contribution is -2.55. The van der Waals surface area contributed by atoms with Gasteiger partial charge in [0.1, 0.15) is 0 Å². The zero-order chi connectivity index (χ0) is 9.84. The Kier molecular flexibility index (Phi) is 3.69. The predicted molar refractivity (Wildman–Crippen MR) is 51.8 cm³/mol. The topological polar surface area (TPSA) is 35.6 Å². The Balaban J connectivity index is 2.51. The number of hydrazine groups is 1. The number of nitrogens with zero attached hydrogens (tertiary/aromatic N) is 2. The van der Waals surface area contributed by atoms with Crippen molar-refractivity contribution >= 4 is 5.91 Å². The fourth-order valence-corrected chi connectivity index (χ4v) is 1.78. The summed E-state index contributed by atoms with van der Waals surface area (Å²) >= 11 is 0. The fourth-order valence-electron chi connectivity index (χ4n) is 1.78. The average Bonchev–Trinajstić information content (AvgIpc) is 2.03. The standard InChI is InChI=1S/C9H19N3O/c1-8(13)10-12-7-5-4-6-9(12)11(2)3/h9H,4-7H2,1-3H3,(H,10,13). The summed E-state index contributed by atoms with van der Waals surface area (Å²) in [7, 11) is 4.09. The summed E-state index contributed by atoms with van der Waals surface area (Å²) in [6.07, 6.45) is 3.91. The van der Waals surface area contributed by atoms with Crippen LogP contribution in [-0.2, 0) is 4.79 Å². The number of carbonyl (C=O) groups is 1. The first-order valence-corrected chi connectivity index (χ1v) is 4.81. The maximum Gasteiger partial charge on any atom is 0.231 e. The molecule has 0 aromatic rings. The van der Waals surface area contributed by atoms with Crippen molar-refractivity contribution in [3.05, 3.63) is 0 Å². The van der Waals surface area contributed by atoms with Crippen LogP contribution < -0.4 is 5.43 Å². The van der Waals surface area contributed by atoms with E-state index in [1.807, 2.05) is 19.1 Å². The fraction of sp³-hybridized carbons (Fsp3) is 0.889. The van der Waals surface area contributed by atoms with Crippen molar-refractivity contribution in [3.63, 3.8) is 0 Å². The van der Waals surface area contributed by atoms with E-state index in [0.717, 1.165) is 13.0 Å². The van der Waals surface area contributed by atoms with E-state index < -0.39 is 0 Å². The van der Waals surface area contributed by atoms with Gasteiger partial charge >= 0.3 is 0 Å². The normalized spacial score (nSPS) is 24.8. The molecule has 1 aliphatic heterocycles. The van der Waals surface area contributed by atoms with Gasteiger partial charge in [-0.05, 0) is 33.4 Å². The minimum Gasteiger partial charge on any atom is -0.293 e. The SMILES string of the molecule is CC(=O)NN1CCCCC1N(C)C. The van der Waals surface area contributed by atoms with Gasteiger partial charge in [-0.25, -0.2) is 5.01 Å². The number of nitrogens with one attached hydrogen (secondary N) is 1. The molecule has 0 bridgehead atoms. The smallest absolute Gasteiger partial charge is 0.231 e. The van der Waals surface area contributed by atoms with Crippen molar-refractivity contribution in [3.8, 4) is 0 Å². The average molecular weight is 185 g/mol. The molecule has 0 spiro atoms. The van der Waals surface area contributed by atoms with Crippen molar-refractivity contribution in [2.45, 2.75) is 32.4 Å². The van der Waals surface area contributed by atoms with Crippen molar-refractivity contribution < 1.29 is 4.79 Å². The minimum absolute atomic E-state index is 0.0220. The van der Waals surface area contributed by atoms with Crippen LogP contribution in [0.15, 0.2) is 0 Å². The van der Waals surface area contributed by atoms with Gasteiger partial charge in [0.15, 0.2) is 0 Å². The summed E-state index contributed by atoms with van der Waals surface area (Å²) in [6.45, 7) is 2.52. The first-order valence-electron chi connectivity index (χ1n) is 4.81. The molecule has 0 aromatic carbocycles. The highest BCUT2D eigenvalue weighted by atomic mass is 16.2. The molecule has 4 nitrogen and oxygen atoms in total. The lowest BCUT2D eigenvalue weighted by molar-refractivity contribution is -0.128. The predicted octanol–water partition coefficient (Wildman–Crippen LogP) is 0.411. The zero-order valence-corrected chi connectivity index (χ0v) is 8.71. The third-order valence-corrected chi connectivity index (χ3v) is 2.37. The molecule has 1 fully saturated rings. The van der Waals surface area contributed by atoms with E-state index in [4.69, 9.17) is 0 Å². The van der Waals surface area contributed by atoms with Gasteiger partial charge in [0.05, 0.1) is 6.17 Å². The second-order valence-electron chi connectivity index (χ2n) is 3.80. The molecule has 1 heterocycles. The van der Waals surface area contributed by atoms with Gasteiger partial charge in [-0.2, -0.15) is 0 Å². The molecule has 4 heteroatoms. The van der Waals surface area contributed by atoms with Crippen LogP contribution >= 0.6 is 0 Å². The van der Waals surface area contributed by atoms with Crippen molar-refractivity contribution in [1.29, 1.82) is 0 Å². The van der Waals surface area contributed by atoms with Crippen LogP contribution in [0.4, 0.5) is 0 Å². The maximum atomic E-state index is 10.9. The lowest BCUT2D eigenvalue weighted by atomic mass is 10.1. The molecule has 0 saturated carbocycles. The zero-order valence-electron chi connectivity index (χ0n) is 8.71. The Morgan fingerprint density at radius 2 is 2.15 bits per heavy atom. The molecule has 0 radical (unpaired) electrons. The molecular formula is C9H19N3O. The first-order chi connectivity index (χ1) is 6.11. The Labute approximate surface area is 79.9 Å². The molecule has 1 aliphatic rings. The molecule has 76 valence electrons. The van der Waals surface area contributed by atoms with Gasteiger partial charge in [0.25, 0.3) is 0 Å². The molecule has 1 atom stereocenters. The van der Waals surface area contributed by atoms with Crippen LogP contribution in [0, 0.1) is 0 Å². The Hall–Kier alpha value is -0.610. The van der Waals surface area contributed by atoms with Crippen molar-refractivity contribution in [2.24, 2.45) is 0 Å². The number of rotatable bonds is 2. The third-order valence-electron chi connectivity index (χ3n) is 2.37. The van der Waals surface area contributed by atoms with E-state index in [0.29, 0.717) is 6.17 Å². The van der Waals surface area contributed by atoms with Crippen LogP contribution in [0.25, 0.3) is 0 Å². The second kappa shape index (κ2) is 4.58. The van der Waals surface area contributed by atoms with Gasteiger partial charge in [-0.3, -0.25) is 15.1 Å². The Morgan fingerprint density at radius 3 is 2.69 bits per heavy atom. The van der Waals surface area contributed by atoms with Crippen LogP contribution in [0.5, 0.6) is 0 Å². The summed E-state index contributed by atoms with van der Waals surface area (Å²) in [6, 6.07) is 0. The van der Waals surface area contributed by atoms with E-state index in [-0.39, 0.29) is 5.91 Å². The van der Waals surface area contributed by atoms with E-state index in [9.17, 15) is 4.79 Å². The molecule has 1 N–H and O–H groups in total. The van der Waals surface area contributed by atoms with Gasteiger partial charge in [-0.15, -0.1) is 0 Å². The summed E-state index contributed by atoms with van der Waals surface area (Å²) in [5.41, 5.74) is 2.87. The number of hydrogen-bond acceptors (Lipinski definition) is 3. The highest BCUT2D eigenvalue weighted by Gasteiger charge is 2.24. The molecular weight excluding hydrogens is 166 g/mol. The maximum absolute atomic E-state index is 10.9. The minimum atomic E-state index is 0.0220. The highest BCUT2D eigenvalue weighted by molar-refractivity contribution is 5.72. The largest absolute Gasteiger partial charge is 0.293 e.